The second-order valence-corrected chi connectivity index (χ2v) is 5.04. The van der Waals surface area contributed by atoms with Gasteiger partial charge in [0.25, 0.3) is 0 Å². The maximum absolute atomic E-state index is 11.9. The molecule has 2 N–H and O–H groups in total. The largest absolute Gasteiger partial charge is 0.478 e. The van der Waals surface area contributed by atoms with Crippen molar-refractivity contribution in [3.8, 4) is 5.88 Å². The molecule has 0 spiro atoms. The van der Waals surface area contributed by atoms with E-state index in [4.69, 9.17) is 4.74 Å². The molecule has 0 aliphatic rings. The summed E-state index contributed by atoms with van der Waals surface area (Å²) in [5.41, 5.74) is 1.55. The summed E-state index contributed by atoms with van der Waals surface area (Å²) in [4.78, 5) is 22.1. The Kier molecular flexibility index (Phi) is 5.74. The van der Waals surface area contributed by atoms with E-state index in [9.17, 15) is 4.79 Å². The number of amides is 2. The van der Waals surface area contributed by atoms with Gasteiger partial charge in [0.2, 0.25) is 5.88 Å². The van der Waals surface area contributed by atoms with E-state index < -0.39 is 0 Å². The van der Waals surface area contributed by atoms with Crippen molar-refractivity contribution in [2.24, 2.45) is 0 Å². The minimum absolute atomic E-state index is 0.292. The summed E-state index contributed by atoms with van der Waals surface area (Å²) < 4.78 is 5.33. The third-order valence-electron chi connectivity index (χ3n) is 3.01. The Morgan fingerprint density at radius 3 is 2.74 bits per heavy atom. The van der Waals surface area contributed by atoms with E-state index in [0.29, 0.717) is 24.7 Å². The summed E-state index contributed by atoms with van der Waals surface area (Å²) in [5, 5.41) is 5.52. The van der Waals surface area contributed by atoms with Gasteiger partial charge in [-0.1, -0.05) is 0 Å². The van der Waals surface area contributed by atoms with Crippen LogP contribution in [0.25, 0.3) is 0 Å². The first-order valence-electron chi connectivity index (χ1n) is 7.34. The minimum Gasteiger partial charge on any atom is -0.478 e. The van der Waals surface area contributed by atoms with Gasteiger partial charge in [0, 0.05) is 32.9 Å². The molecule has 0 bridgehead atoms. The normalized spacial score (nSPS) is 10.0. The fourth-order valence-corrected chi connectivity index (χ4v) is 1.87. The van der Waals surface area contributed by atoms with Crippen LogP contribution < -0.4 is 20.3 Å². The highest BCUT2D eigenvalue weighted by Gasteiger charge is 2.04. The molecule has 0 saturated heterocycles. The molecular weight excluding hydrogens is 294 g/mol. The number of hydrogen-bond donors (Lipinski definition) is 2. The van der Waals surface area contributed by atoms with Crippen molar-refractivity contribution in [3.05, 3.63) is 42.2 Å². The van der Waals surface area contributed by atoms with Crippen LogP contribution in [-0.4, -0.2) is 36.7 Å². The lowest BCUT2D eigenvalue weighted by molar-refractivity contribution is 0.251. The van der Waals surface area contributed by atoms with Gasteiger partial charge in [-0.15, -0.1) is 0 Å². The molecule has 0 radical (unpaired) electrons. The van der Waals surface area contributed by atoms with Gasteiger partial charge in [-0.2, -0.15) is 0 Å². The number of nitrogens with one attached hydrogen (secondary N) is 2. The number of carbonyl (C=O) groups is 1. The number of hydrogen-bond acceptors (Lipinski definition) is 5. The molecule has 2 rings (SSSR count). The number of urea groups is 1. The molecular formula is C16H21N5O2. The Bertz CT molecular complexity index is 643. The molecule has 23 heavy (non-hydrogen) atoms. The molecule has 0 aliphatic carbocycles. The van der Waals surface area contributed by atoms with Crippen LogP contribution >= 0.6 is 0 Å². The van der Waals surface area contributed by atoms with Crippen molar-refractivity contribution in [3.63, 3.8) is 0 Å². The molecule has 7 heteroatoms. The molecule has 0 aromatic carbocycles. The van der Waals surface area contributed by atoms with Crippen molar-refractivity contribution in [1.82, 2.24) is 15.3 Å². The monoisotopic (exact) mass is 315 g/mol. The quantitative estimate of drug-likeness (QED) is 0.855. The standard InChI is InChI=1S/C16H21N5O2/c1-4-23-15-9-12(7-8-17-15)10-19-16(22)20-13-5-6-14(18-11-13)21(2)3/h5-9,11H,4,10H2,1-3H3,(H2,19,20,22). The van der Waals surface area contributed by atoms with Crippen molar-refractivity contribution in [2.75, 3.05) is 30.9 Å². The molecule has 0 saturated carbocycles. The van der Waals surface area contributed by atoms with Gasteiger partial charge < -0.3 is 20.3 Å². The van der Waals surface area contributed by atoms with Crippen molar-refractivity contribution in [1.29, 1.82) is 0 Å². The van der Waals surface area contributed by atoms with Gasteiger partial charge in [0.05, 0.1) is 18.5 Å². The summed E-state index contributed by atoms with van der Waals surface area (Å²) in [7, 11) is 3.82. The second-order valence-electron chi connectivity index (χ2n) is 5.04. The molecule has 2 aromatic rings. The molecule has 2 amide bonds. The highest BCUT2D eigenvalue weighted by molar-refractivity contribution is 5.89. The first-order valence-corrected chi connectivity index (χ1v) is 7.34. The number of anilines is 2. The number of pyridine rings is 2. The fraction of sp³-hybridized carbons (Fsp3) is 0.312. The summed E-state index contributed by atoms with van der Waals surface area (Å²) in [6.07, 6.45) is 3.28. The third kappa shape index (κ3) is 5.14. The van der Waals surface area contributed by atoms with E-state index in [1.807, 2.05) is 44.1 Å². The maximum atomic E-state index is 11.9. The third-order valence-corrected chi connectivity index (χ3v) is 3.01. The maximum Gasteiger partial charge on any atom is 0.319 e. The predicted octanol–water partition coefficient (Wildman–Crippen LogP) is 2.26. The van der Waals surface area contributed by atoms with Gasteiger partial charge in [-0.05, 0) is 30.7 Å². The van der Waals surface area contributed by atoms with E-state index in [0.717, 1.165) is 11.4 Å². The van der Waals surface area contributed by atoms with Crippen molar-refractivity contribution in [2.45, 2.75) is 13.5 Å². The van der Waals surface area contributed by atoms with Crippen LogP contribution in [0.15, 0.2) is 36.7 Å². The Labute approximate surface area is 135 Å². The Balaban J connectivity index is 1.86. The zero-order valence-corrected chi connectivity index (χ0v) is 13.5. The number of nitrogens with zero attached hydrogens (tertiary/aromatic N) is 3. The van der Waals surface area contributed by atoms with Crippen molar-refractivity contribution < 1.29 is 9.53 Å². The van der Waals surface area contributed by atoms with Gasteiger partial charge in [-0.25, -0.2) is 14.8 Å². The zero-order chi connectivity index (χ0) is 16.7. The van der Waals surface area contributed by atoms with Crippen LogP contribution in [0.4, 0.5) is 16.3 Å². The van der Waals surface area contributed by atoms with Gasteiger partial charge in [0.15, 0.2) is 0 Å². The van der Waals surface area contributed by atoms with E-state index in [1.165, 1.54) is 0 Å². The van der Waals surface area contributed by atoms with E-state index in [2.05, 4.69) is 20.6 Å². The van der Waals surface area contributed by atoms with E-state index in [-0.39, 0.29) is 6.03 Å². The molecule has 0 atom stereocenters. The second kappa shape index (κ2) is 7.98. The summed E-state index contributed by atoms with van der Waals surface area (Å²) in [6, 6.07) is 6.99. The Morgan fingerprint density at radius 1 is 1.26 bits per heavy atom. The van der Waals surface area contributed by atoms with E-state index in [1.54, 1.807) is 18.5 Å². The van der Waals surface area contributed by atoms with Gasteiger partial charge >= 0.3 is 6.03 Å². The molecule has 122 valence electrons. The Hall–Kier alpha value is -2.83. The number of rotatable bonds is 6. The molecule has 7 nitrogen and oxygen atoms in total. The van der Waals surface area contributed by atoms with Crippen LogP contribution in [0.5, 0.6) is 5.88 Å². The lowest BCUT2D eigenvalue weighted by atomic mass is 10.2. The summed E-state index contributed by atoms with van der Waals surface area (Å²) >= 11 is 0. The summed E-state index contributed by atoms with van der Waals surface area (Å²) in [6.45, 7) is 2.84. The number of aromatic nitrogens is 2. The van der Waals surface area contributed by atoms with Crippen LogP contribution in [-0.2, 0) is 6.54 Å². The highest BCUT2D eigenvalue weighted by Crippen LogP contribution is 2.12. The number of carbonyl (C=O) groups excluding carboxylic acids is 1. The van der Waals surface area contributed by atoms with Crippen LogP contribution in [0.2, 0.25) is 0 Å². The average Bonchev–Trinajstić information content (AvgIpc) is 2.54. The SMILES string of the molecule is CCOc1cc(CNC(=O)Nc2ccc(N(C)C)nc2)ccn1. The van der Waals surface area contributed by atoms with Gasteiger partial charge in [-0.3, -0.25) is 0 Å². The number of ether oxygens (including phenoxy) is 1. The van der Waals surface area contributed by atoms with Crippen molar-refractivity contribution >= 4 is 17.5 Å². The molecule has 0 aliphatic heterocycles. The fourth-order valence-electron chi connectivity index (χ4n) is 1.87. The zero-order valence-electron chi connectivity index (χ0n) is 13.5. The van der Waals surface area contributed by atoms with E-state index >= 15 is 0 Å². The van der Waals surface area contributed by atoms with Crippen LogP contribution in [0.1, 0.15) is 12.5 Å². The first-order chi connectivity index (χ1) is 11.1. The highest BCUT2D eigenvalue weighted by atomic mass is 16.5. The first kappa shape index (κ1) is 16.5. The smallest absolute Gasteiger partial charge is 0.319 e. The minimum atomic E-state index is -0.292. The van der Waals surface area contributed by atoms with Crippen LogP contribution in [0, 0.1) is 0 Å². The topological polar surface area (TPSA) is 79.4 Å². The molecule has 2 heterocycles. The lowest BCUT2D eigenvalue weighted by Gasteiger charge is -2.12. The van der Waals surface area contributed by atoms with Gasteiger partial charge in [0.1, 0.15) is 5.82 Å². The molecule has 0 unspecified atom stereocenters. The summed E-state index contributed by atoms with van der Waals surface area (Å²) in [5.74, 6) is 1.38. The lowest BCUT2D eigenvalue weighted by Crippen LogP contribution is -2.28. The predicted molar refractivity (Wildman–Crippen MR) is 89.8 cm³/mol. The van der Waals surface area contributed by atoms with Crippen LogP contribution in [0.3, 0.4) is 0 Å². The molecule has 0 fully saturated rings. The average molecular weight is 315 g/mol. The molecule has 2 aromatic heterocycles. The Morgan fingerprint density at radius 2 is 2.09 bits per heavy atom.